The SMILES string of the molecule is COC(=O)/C=C(/C(=O)OC)c1c(C)nn(-c2ccccc2)c1C. The van der Waals surface area contributed by atoms with Crippen LogP contribution in [0.4, 0.5) is 0 Å². The van der Waals surface area contributed by atoms with E-state index in [4.69, 9.17) is 4.74 Å². The lowest BCUT2D eigenvalue weighted by Gasteiger charge is -2.07. The first-order chi connectivity index (χ1) is 11.0. The summed E-state index contributed by atoms with van der Waals surface area (Å²) in [6.07, 6.45) is 1.12. The van der Waals surface area contributed by atoms with Crippen molar-refractivity contribution >= 4 is 17.5 Å². The van der Waals surface area contributed by atoms with Crippen LogP contribution in [0.1, 0.15) is 17.0 Å². The van der Waals surface area contributed by atoms with Gasteiger partial charge in [0, 0.05) is 17.3 Å². The summed E-state index contributed by atoms with van der Waals surface area (Å²) >= 11 is 0. The quantitative estimate of drug-likeness (QED) is 0.639. The van der Waals surface area contributed by atoms with Crippen molar-refractivity contribution in [3.63, 3.8) is 0 Å². The van der Waals surface area contributed by atoms with Gasteiger partial charge >= 0.3 is 11.9 Å². The minimum atomic E-state index is -0.628. The third-order valence-corrected chi connectivity index (χ3v) is 3.43. The average Bonchev–Trinajstić information content (AvgIpc) is 2.87. The van der Waals surface area contributed by atoms with Crippen LogP contribution >= 0.6 is 0 Å². The molecule has 0 radical (unpaired) electrons. The van der Waals surface area contributed by atoms with Crippen LogP contribution in [-0.4, -0.2) is 35.9 Å². The number of methoxy groups -OCH3 is 2. The van der Waals surface area contributed by atoms with E-state index >= 15 is 0 Å². The summed E-state index contributed by atoms with van der Waals surface area (Å²) in [4.78, 5) is 23.7. The maximum Gasteiger partial charge on any atom is 0.338 e. The zero-order valence-corrected chi connectivity index (χ0v) is 13.5. The molecule has 0 saturated carbocycles. The first kappa shape index (κ1) is 16.5. The number of ether oxygens (including phenoxy) is 2. The molecule has 0 fully saturated rings. The van der Waals surface area contributed by atoms with Crippen LogP contribution in [0.3, 0.4) is 0 Å². The summed E-state index contributed by atoms with van der Waals surface area (Å²) in [6.45, 7) is 3.60. The highest BCUT2D eigenvalue weighted by Gasteiger charge is 2.23. The van der Waals surface area contributed by atoms with E-state index in [1.54, 1.807) is 11.6 Å². The molecule has 6 heteroatoms. The van der Waals surface area contributed by atoms with Crippen molar-refractivity contribution < 1.29 is 19.1 Å². The Labute approximate surface area is 134 Å². The Bertz CT molecular complexity index is 760. The predicted molar refractivity (Wildman–Crippen MR) is 85.0 cm³/mol. The second-order valence-electron chi connectivity index (χ2n) is 4.87. The summed E-state index contributed by atoms with van der Waals surface area (Å²) in [5.74, 6) is -1.24. The third kappa shape index (κ3) is 3.31. The van der Waals surface area contributed by atoms with E-state index in [9.17, 15) is 9.59 Å². The molecule has 1 heterocycles. The number of benzene rings is 1. The Kier molecular flexibility index (Phi) is 4.95. The predicted octanol–water partition coefficient (Wildman–Crippen LogP) is 2.22. The molecule has 2 aromatic rings. The van der Waals surface area contributed by atoms with Gasteiger partial charge in [-0.2, -0.15) is 5.10 Å². The molecule has 0 bridgehead atoms. The largest absolute Gasteiger partial charge is 0.466 e. The van der Waals surface area contributed by atoms with Gasteiger partial charge in [0.25, 0.3) is 0 Å². The Morgan fingerprint density at radius 3 is 2.30 bits per heavy atom. The number of carbonyl (C=O) groups is 2. The lowest BCUT2D eigenvalue weighted by Crippen LogP contribution is -2.09. The lowest BCUT2D eigenvalue weighted by molar-refractivity contribution is -0.136. The number of hydrogen-bond donors (Lipinski definition) is 0. The molecule has 0 atom stereocenters. The molecule has 0 aliphatic rings. The number of nitrogens with zero attached hydrogens (tertiary/aromatic N) is 2. The van der Waals surface area contributed by atoms with Gasteiger partial charge < -0.3 is 9.47 Å². The smallest absolute Gasteiger partial charge is 0.338 e. The lowest BCUT2D eigenvalue weighted by atomic mass is 10.0. The van der Waals surface area contributed by atoms with E-state index in [0.29, 0.717) is 11.3 Å². The normalized spacial score (nSPS) is 11.2. The van der Waals surface area contributed by atoms with Crippen molar-refractivity contribution in [2.45, 2.75) is 13.8 Å². The Morgan fingerprint density at radius 2 is 1.74 bits per heavy atom. The molecule has 0 amide bonds. The summed E-state index contributed by atoms with van der Waals surface area (Å²) in [5.41, 5.74) is 2.89. The van der Waals surface area contributed by atoms with Gasteiger partial charge in [-0.1, -0.05) is 18.2 Å². The zero-order valence-electron chi connectivity index (χ0n) is 13.5. The summed E-state index contributed by atoms with van der Waals surface area (Å²) in [6, 6.07) is 9.52. The number of aryl methyl sites for hydroxylation is 1. The summed E-state index contributed by atoms with van der Waals surface area (Å²) in [5, 5.41) is 4.47. The Balaban J connectivity index is 2.62. The van der Waals surface area contributed by atoms with Crippen LogP contribution in [0.15, 0.2) is 36.4 Å². The molecule has 6 nitrogen and oxygen atoms in total. The number of rotatable bonds is 4. The van der Waals surface area contributed by atoms with E-state index in [1.165, 1.54) is 14.2 Å². The van der Waals surface area contributed by atoms with Gasteiger partial charge in [0.05, 0.1) is 31.2 Å². The number of carbonyl (C=O) groups excluding carboxylic acids is 2. The van der Waals surface area contributed by atoms with Crippen LogP contribution in [0.2, 0.25) is 0 Å². The summed E-state index contributed by atoms with van der Waals surface area (Å²) < 4.78 is 11.1. The monoisotopic (exact) mass is 314 g/mol. The molecule has 1 aromatic heterocycles. The Hall–Kier alpha value is -2.89. The van der Waals surface area contributed by atoms with Crippen molar-refractivity contribution in [2.24, 2.45) is 0 Å². The van der Waals surface area contributed by atoms with Crippen molar-refractivity contribution in [1.29, 1.82) is 0 Å². The fourth-order valence-electron chi connectivity index (χ4n) is 2.37. The second kappa shape index (κ2) is 6.91. The third-order valence-electron chi connectivity index (χ3n) is 3.43. The van der Waals surface area contributed by atoms with E-state index in [0.717, 1.165) is 17.5 Å². The highest BCUT2D eigenvalue weighted by Crippen LogP contribution is 2.26. The van der Waals surface area contributed by atoms with Crippen LogP contribution in [0, 0.1) is 13.8 Å². The Morgan fingerprint density at radius 1 is 1.09 bits per heavy atom. The summed E-state index contributed by atoms with van der Waals surface area (Å²) in [7, 11) is 2.51. The number of hydrogen-bond acceptors (Lipinski definition) is 5. The molecule has 1 aromatic carbocycles. The highest BCUT2D eigenvalue weighted by atomic mass is 16.5. The molecule has 0 spiro atoms. The molecule has 0 aliphatic carbocycles. The van der Waals surface area contributed by atoms with Gasteiger partial charge in [-0.15, -0.1) is 0 Å². The molecule has 0 aliphatic heterocycles. The van der Waals surface area contributed by atoms with Gasteiger partial charge in [0.15, 0.2) is 0 Å². The fourth-order valence-corrected chi connectivity index (χ4v) is 2.37. The van der Waals surface area contributed by atoms with Crippen molar-refractivity contribution in [1.82, 2.24) is 9.78 Å². The van der Waals surface area contributed by atoms with E-state index in [1.807, 2.05) is 37.3 Å². The number of esters is 2. The number of para-hydroxylation sites is 1. The highest BCUT2D eigenvalue weighted by molar-refractivity contribution is 6.21. The molecule has 23 heavy (non-hydrogen) atoms. The molecular formula is C17H18N2O4. The molecule has 0 unspecified atom stereocenters. The standard InChI is InChI=1S/C17H18N2O4/c1-11-16(14(17(21)23-4)10-15(20)22-3)12(2)19(18-11)13-8-6-5-7-9-13/h5-10H,1-4H3/b14-10+. The minimum absolute atomic E-state index is 0.122. The molecule has 2 rings (SSSR count). The van der Waals surface area contributed by atoms with Crippen LogP contribution in [-0.2, 0) is 19.1 Å². The minimum Gasteiger partial charge on any atom is -0.466 e. The van der Waals surface area contributed by atoms with Gasteiger partial charge in [-0.3, -0.25) is 0 Å². The first-order valence-corrected chi connectivity index (χ1v) is 6.99. The van der Waals surface area contributed by atoms with E-state index < -0.39 is 11.9 Å². The molecular weight excluding hydrogens is 296 g/mol. The molecule has 0 N–H and O–H groups in total. The van der Waals surface area contributed by atoms with Crippen LogP contribution in [0.25, 0.3) is 11.3 Å². The first-order valence-electron chi connectivity index (χ1n) is 6.99. The van der Waals surface area contributed by atoms with Gasteiger partial charge in [0.2, 0.25) is 0 Å². The second-order valence-corrected chi connectivity index (χ2v) is 4.87. The topological polar surface area (TPSA) is 70.4 Å². The van der Waals surface area contributed by atoms with Crippen molar-refractivity contribution in [2.75, 3.05) is 14.2 Å². The van der Waals surface area contributed by atoms with Gasteiger partial charge in [0.1, 0.15) is 0 Å². The molecule has 120 valence electrons. The van der Waals surface area contributed by atoms with E-state index in [2.05, 4.69) is 9.84 Å². The maximum absolute atomic E-state index is 12.1. The van der Waals surface area contributed by atoms with Crippen molar-refractivity contribution in [3.8, 4) is 5.69 Å². The van der Waals surface area contributed by atoms with Crippen LogP contribution < -0.4 is 0 Å². The molecule has 0 saturated heterocycles. The van der Waals surface area contributed by atoms with E-state index in [-0.39, 0.29) is 5.57 Å². The number of aromatic nitrogens is 2. The van der Waals surface area contributed by atoms with Crippen LogP contribution in [0.5, 0.6) is 0 Å². The van der Waals surface area contributed by atoms with Gasteiger partial charge in [-0.25, -0.2) is 14.3 Å². The fraction of sp³-hybridized carbons (Fsp3) is 0.235. The average molecular weight is 314 g/mol. The van der Waals surface area contributed by atoms with Gasteiger partial charge in [-0.05, 0) is 26.0 Å². The maximum atomic E-state index is 12.1. The zero-order chi connectivity index (χ0) is 17.0. The van der Waals surface area contributed by atoms with Crippen molar-refractivity contribution in [3.05, 3.63) is 53.4 Å².